The summed E-state index contributed by atoms with van der Waals surface area (Å²) in [7, 11) is 0. The van der Waals surface area contributed by atoms with Crippen LogP contribution in [0.1, 0.15) is 72.1 Å². The lowest BCUT2D eigenvalue weighted by Gasteiger charge is -2.27. The van der Waals surface area contributed by atoms with E-state index in [4.69, 9.17) is 9.47 Å². The van der Waals surface area contributed by atoms with Gasteiger partial charge >= 0.3 is 0 Å². The van der Waals surface area contributed by atoms with E-state index in [0.29, 0.717) is 38.2 Å². The number of ether oxygens (including phenoxy) is 2. The third-order valence-corrected chi connectivity index (χ3v) is 7.82. The van der Waals surface area contributed by atoms with E-state index >= 15 is 0 Å². The number of hydrogen-bond acceptors (Lipinski definition) is 4. The van der Waals surface area contributed by atoms with Crippen LogP contribution in [0.4, 0.5) is 0 Å². The monoisotopic (exact) mass is 399 g/mol. The van der Waals surface area contributed by atoms with Crippen LogP contribution in [0, 0.1) is 16.7 Å². The number of rotatable bonds is 15. The van der Waals surface area contributed by atoms with Crippen LogP contribution in [0.15, 0.2) is 0 Å². The van der Waals surface area contributed by atoms with Crippen LogP contribution in [-0.4, -0.2) is 50.4 Å². The maximum atomic E-state index is 12.4. The van der Waals surface area contributed by atoms with Crippen LogP contribution in [0.3, 0.4) is 0 Å². The highest BCUT2D eigenvalue weighted by atomic mass is 32.2. The van der Waals surface area contributed by atoms with E-state index < -0.39 is 0 Å². The molecule has 1 N–H and O–H groups in total. The predicted octanol–water partition coefficient (Wildman–Crippen LogP) is 4.67. The van der Waals surface area contributed by atoms with Crippen LogP contribution in [0.5, 0.6) is 0 Å². The molecule has 0 aromatic heterocycles. The van der Waals surface area contributed by atoms with Crippen molar-refractivity contribution in [1.82, 2.24) is 5.32 Å². The summed E-state index contributed by atoms with van der Waals surface area (Å²) in [6.45, 7) is 10.0. The third kappa shape index (κ3) is 7.94. The van der Waals surface area contributed by atoms with Crippen LogP contribution >= 0.6 is 11.8 Å². The number of carbonyl (C=O) groups is 1. The first-order chi connectivity index (χ1) is 13.0. The molecule has 0 radical (unpaired) electrons. The Hall–Kier alpha value is -0.260. The first kappa shape index (κ1) is 23.0. The Morgan fingerprint density at radius 1 is 1.04 bits per heavy atom. The Kier molecular flexibility index (Phi) is 9.95. The highest BCUT2D eigenvalue weighted by Gasteiger charge is 2.54. The summed E-state index contributed by atoms with van der Waals surface area (Å²) in [6.07, 6.45) is 9.39. The molecule has 0 saturated heterocycles. The summed E-state index contributed by atoms with van der Waals surface area (Å²) >= 11 is 2.13. The van der Waals surface area contributed by atoms with Gasteiger partial charge in [-0.2, -0.15) is 11.8 Å². The van der Waals surface area contributed by atoms with Gasteiger partial charge in [-0.25, -0.2) is 0 Å². The standard InChI is InChI=1S/C22H41NO3S/c1-4-5-11-25-13-14-26-12-10-23-20(24)15-21-6-8-22(17-21,9-7-21)18-27-16-19(2)3/h19H,4-18H2,1-3H3,(H,23,24). The van der Waals surface area contributed by atoms with Crippen LogP contribution in [0.25, 0.3) is 0 Å². The highest BCUT2D eigenvalue weighted by Crippen LogP contribution is 2.63. The zero-order chi connectivity index (χ0) is 19.6. The summed E-state index contributed by atoms with van der Waals surface area (Å²) in [5, 5.41) is 3.06. The number of amides is 1. The molecule has 5 heteroatoms. The minimum atomic E-state index is 0.213. The summed E-state index contributed by atoms with van der Waals surface area (Å²) in [4.78, 5) is 12.4. The van der Waals surface area contributed by atoms with Gasteiger partial charge in [0.1, 0.15) is 0 Å². The second-order valence-electron chi connectivity index (χ2n) is 9.19. The van der Waals surface area contributed by atoms with Crippen molar-refractivity contribution in [3.8, 4) is 0 Å². The second-order valence-corrected chi connectivity index (χ2v) is 10.2. The molecule has 1 amide bonds. The molecule has 0 aromatic rings. The molecule has 0 heterocycles. The van der Waals surface area contributed by atoms with Gasteiger partial charge in [0, 0.05) is 19.6 Å². The first-order valence-corrected chi connectivity index (χ1v) is 12.1. The van der Waals surface area contributed by atoms with Gasteiger partial charge in [-0.05, 0) is 66.8 Å². The number of unbranched alkanes of at least 4 members (excludes halogenated alkanes) is 1. The number of hydrogen-bond donors (Lipinski definition) is 1. The SMILES string of the molecule is CCCCOCCOCCNC(=O)CC12CCC(CSCC(C)C)(CC1)C2. The molecule has 0 atom stereocenters. The van der Waals surface area contributed by atoms with E-state index in [9.17, 15) is 4.79 Å². The van der Waals surface area contributed by atoms with Gasteiger partial charge in [0.2, 0.25) is 5.91 Å². The van der Waals surface area contributed by atoms with Gasteiger partial charge in [0.25, 0.3) is 0 Å². The minimum Gasteiger partial charge on any atom is -0.379 e. The topological polar surface area (TPSA) is 47.6 Å². The Morgan fingerprint density at radius 2 is 1.70 bits per heavy atom. The molecule has 158 valence electrons. The van der Waals surface area contributed by atoms with Crippen molar-refractivity contribution in [2.75, 3.05) is 44.5 Å². The Bertz CT molecular complexity index is 433. The van der Waals surface area contributed by atoms with E-state index in [1.165, 1.54) is 43.6 Å². The number of nitrogens with one attached hydrogen (secondary N) is 1. The van der Waals surface area contributed by atoms with E-state index in [1.807, 2.05) is 0 Å². The molecule has 27 heavy (non-hydrogen) atoms. The molecular weight excluding hydrogens is 358 g/mol. The summed E-state index contributed by atoms with van der Waals surface area (Å²) in [5.41, 5.74) is 0.817. The van der Waals surface area contributed by atoms with E-state index in [-0.39, 0.29) is 11.3 Å². The van der Waals surface area contributed by atoms with Crippen molar-refractivity contribution in [2.45, 2.75) is 72.1 Å². The van der Waals surface area contributed by atoms with Gasteiger partial charge in [0.15, 0.2) is 0 Å². The van der Waals surface area contributed by atoms with Crippen LogP contribution in [0.2, 0.25) is 0 Å². The maximum Gasteiger partial charge on any atom is 0.220 e. The lowest BCUT2D eigenvalue weighted by Crippen LogP contribution is -2.32. The lowest BCUT2D eigenvalue weighted by atomic mass is 9.80. The molecule has 2 aliphatic carbocycles. The predicted molar refractivity (Wildman–Crippen MR) is 114 cm³/mol. The smallest absolute Gasteiger partial charge is 0.220 e. The summed E-state index contributed by atoms with van der Waals surface area (Å²) < 4.78 is 11.0. The largest absolute Gasteiger partial charge is 0.379 e. The number of thioether (sulfide) groups is 1. The van der Waals surface area contributed by atoms with Crippen LogP contribution in [-0.2, 0) is 14.3 Å². The second kappa shape index (κ2) is 11.7. The van der Waals surface area contributed by atoms with Crippen molar-refractivity contribution in [3.63, 3.8) is 0 Å². The van der Waals surface area contributed by atoms with Gasteiger partial charge in [-0.15, -0.1) is 0 Å². The number of fused-ring (bicyclic) bond motifs is 2. The average molecular weight is 400 g/mol. The molecule has 0 aromatic carbocycles. The van der Waals surface area contributed by atoms with E-state index in [1.54, 1.807) is 0 Å². The third-order valence-electron chi connectivity index (χ3n) is 6.10. The fourth-order valence-corrected chi connectivity index (χ4v) is 6.05. The highest BCUT2D eigenvalue weighted by molar-refractivity contribution is 7.99. The van der Waals surface area contributed by atoms with Crippen molar-refractivity contribution < 1.29 is 14.3 Å². The van der Waals surface area contributed by atoms with E-state index in [0.717, 1.165) is 25.4 Å². The molecule has 0 aliphatic heterocycles. The van der Waals surface area contributed by atoms with Gasteiger partial charge in [-0.1, -0.05) is 27.2 Å². The van der Waals surface area contributed by atoms with Crippen molar-refractivity contribution in [2.24, 2.45) is 16.7 Å². The molecule has 0 spiro atoms. The molecule has 2 fully saturated rings. The van der Waals surface area contributed by atoms with Gasteiger partial charge in [-0.3, -0.25) is 4.79 Å². The van der Waals surface area contributed by atoms with Gasteiger partial charge in [0.05, 0.1) is 19.8 Å². The molecule has 2 rings (SSSR count). The first-order valence-electron chi connectivity index (χ1n) is 11.0. The molecule has 2 saturated carbocycles. The molecule has 2 bridgehead atoms. The zero-order valence-corrected chi connectivity index (χ0v) is 18.6. The fraction of sp³-hybridized carbons (Fsp3) is 0.955. The molecule has 2 aliphatic rings. The quantitative estimate of drug-likeness (QED) is 0.407. The lowest BCUT2D eigenvalue weighted by molar-refractivity contribution is -0.123. The summed E-state index contributed by atoms with van der Waals surface area (Å²) in [6, 6.07) is 0. The Balaban J connectivity index is 1.55. The number of carbonyl (C=O) groups excluding carboxylic acids is 1. The average Bonchev–Trinajstić information content (AvgIpc) is 3.15. The Morgan fingerprint density at radius 3 is 2.37 bits per heavy atom. The maximum absolute atomic E-state index is 12.4. The van der Waals surface area contributed by atoms with Gasteiger partial charge < -0.3 is 14.8 Å². The van der Waals surface area contributed by atoms with Crippen molar-refractivity contribution >= 4 is 17.7 Å². The van der Waals surface area contributed by atoms with E-state index in [2.05, 4.69) is 37.8 Å². The molecule has 4 nitrogen and oxygen atoms in total. The Labute approximate surface area is 170 Å². The normalized spacial score (nSPS) is 26.8. The summed E-state index contributed by atoms with van der Waals surface area (Å²) in [5.74, 6) is 3.54. The van der Waals surface area contributed by atoms with Crippen LogP contribution < -0.4 is 5.32 Å². The molecule has 0 unspecified atom stereocenters. The molecular formula is C22H41NO3S. The zero-order valence-electron chi connectivity index (χ0n) is 17.8. The van der Waals surface area contributed by atoms with Crippen molar-refractivity contribution in [1.29, 1.82) is 0 Å². The van der Waals surface area contributed by atoms with Crippen molar-refractivity contribution in [3.05, 3.63) is 0 Å². The fourth-order valence-electron chi connectivity index (χ4n) is 4.64. The minimum absolute atomic E-state index is 0.213.